The van der Waals surface area contributed by atoms with Gasteiger partial charge in [-0.15, -0.1) is 0 Å². The highest BCUT2D eigenvalue weighted by molar-refractivity contribution is 5.89. The van der Waals surface area contributed by atoms with Crippen LogP contribution in [0.25, 0.3) is 28.4 Å². The molecule has 69 heavy (non-hydrogen) atoms. The summed E-state index contributed by atoms with van der Waals surface area (Å²) in [5.74, 6) is -4.05. The second-order valence-electron chi connectivity index (χ2n) is 15.9. The van der Waals surface area contributed by atoms with E-state index in [1.807, 2.05) is 0 Å². The van der Waals surface area contributed by atoms with Crippen molar-refractivity contribution in [2.75, 3.05) is 34.0 Å². The number of benzene rings is 3. The van der Waals surface area contributed by atoms with Gasteiger partial charge in [0, 0.05) is 23.8 Å². The minimum Gasteiger partial charge on any atom is -0.508 e. The molecule has 0 unspecified atom stereocenters. The van der Waals surface area contributed by atoms with Gasteiger partial charge in [0.25, 0.3) is 0 Å². The molecule has 15 atom stereocenters. The van der Waals surface area contributed by atoms with Gasteiger partial charge in [-0.25, -0.2) is 4.79 Å². The maximum absolute atomic E-state index is 14.5. The zero-order chi connectivity index (χ0) is 50.0. The van der Waals surface area contributed by atoms with Gasteiger partial charge in [0.2, 0.25) is 29.5 Å². The quantitative estimate of drug-likeness (QED) is 0.0418. The largest absolute Gasteiger partial charge is 0.508 e. The standard InChI is InChI=1S/C44H50O25/c1-60-22-9-16(10-23(61-2)29(22)51)3-8-27(50)67-40-35(57)31(53)25(14-46)65-43(40)62-19-11-20(49)28-21(12-19)63-38(17-4-6-18(48)7-5-17)39(33(28)55)68-44-41(36(58)32(54)26(15-47)66-44)69-42-37(59)34(56)30(52)24(13-45)64-42/h3-12,24-26,30-32,34-37,40-49,51-54,56-59H,13-15H2,1-2H3/b8-3+/t24-,25-,26-,30-,31-,32-,34+,35+,36+,37-,40-,41-,42+,43-,44+/m1/s1. The number of aromatic hydroxyl groups is 3. The van der Waals surface area contributed by atoms with Crippen molar-refractivity contribution in [1.29, 1.82) is 0 Å². The summed E-state index contributed by atoms with van der Waals surface area (Å²) >= 11 is 0. The summed E-state index contributed by atoms with van der Waals surface area (Å²) in [7, 11) is 2.59. The molecule has 0 bridgehead atoms. The van der Waals surface area contributed by atoms with Crippen molar-refractivity contribution in [3.8, 4) is 51.6 Å². The van der Waals surface area contributed by atoms with Gasteiger partial charge >= 0.3 is 5.97 Å². The molecule has 376 valence electrons. The summed E-state index contributed by atoms with van der Waals surface area (Å²) in [5.41, 5.74) is -1.25. The van der Waals surface area contributed by atoms with Crippen LogP contribution in [0.3, 0.4) is 0 Å². The first kappa shape index (κ1) is 51.0. The lowest BCUT2D eigenvalue weighted by Gasteiger charge is -2.45. The van der Waals surface area contributed by atoms with Gasteiger partial charge in [0.1, 0.15) is 89.3 Å². The zero-order valence-corrected chi connectivity index (χ0v) is 36.3. The normalized spacial score (nSPS) is 31.6. The Hall–Kier alpha value is -5.88. The molecule has 0 saturated carbocycles. The van der Waals surface area contributed by atoms with E-state index in [4.69, 9.17) is 47.0 Å². The zero-order valence-electron chi connectivity index (χ0n) is 36.3. The number of methoxy groups -OCH3 is 2. The third kappa shape index (κ3) is 10.4. The predicted octanol–water partition coefficient (Wildman–Crippen LogP) is -2.96. The molecule has 3 saturated heterocycles. The Kier molecular flexibility index (Phi) is 15.8. The fourth-order valence-electron chi connectivity index (χ4n) is 7.74. The van der Waals surface area contributed by atoms with Gasteiger partial charge in [-0.05, 0) is 48.0 Å². The van der Waals surface area contributed by atoms with Gasteiger partial charge in [-0.2, -0.15) is 0 Å². The summed E-state index contributed by atoms with van der Waals surface area (Å²) < 4.78 is 56.3. The van der Waals surface area contributed by atoms with Crippen molar-refractivity contribution in [1.82, 2.24) is 0 Å². The van der Waals surface area contributed by atoms with Gasteiger partial charge in [-0.3, -0.25) is 4.79 Å². The third-order valence-electron chi connectivity index (χ3n) is 11.5. The molecular formula is C44H50O25. The maximum atomic E-state index is 14.5. The average molecular weight is 979 g/mol. The highest BCUT2D eigenvalue weighted by Gasteiger charge is 2.52. The lowest BCUT2D eigenvalue weighted by atomic mass is 9.97. The van der Waals surface area contributed by atoms with E-state index in [2.05, 4.69) is 0 Å². The van der Waals surface area contributed by atoms with Crippen LogP contribution < -0.4 is 24.4 Å². The second-order valence-corrected chi connectivity index (χ2v) is 15.9. The van der Waals surface area contributed by atoms with E-state index >= 15 is 0 Å². The number of carbonyl (C=O) groups is 1. The molecule has 1 aromatic heterocycles. The van der Waals surface area contributed by atoms with Crippen LogP contribution in [0.5, 0.6) is 40.2 Å². The van der Waals surface area contributed by atoms with E-state index < -0.39 is 152 Å². The van der Waals surface area contributed by atoms with E-state index in [9.17, 15) is 76.0 Å². The number of phenolic OH excluding ortho intramolecular Hbond substituents is 3. The lowest BCUT2D eigenvalue weighted by molar-refractivity contribution is -0.358. The number of aliphatic hydroxyl groups is 10. The molecule has 0 spiro atoms. The summed E-state index contributed by atoms with van der Waals surface area (Å²) in [6.45, 7) is -2.64. The monoisotopic (exact) mass is 978 g/mol. The Bertz CT molecular complexity index is 2490. The SMILES string of the molecule is COc1cc(/C=C/C(=O)O[C@H]2[C@H](Oc3cc(O)c4c(=O)c(O[C@@H]5O[C@H](CO)[C@@H](O)[C@H](O)[C@H]5O[C@@H]5O[C@H](CO)[C@@H](O)[C@H](O)[C@H]5O)c(-c5ccc(O)cc5)oc4c3)O[C@H](CO)[C@@H](O)[C@@H]2O)cc(OC)c1O. The van der Waals surface area contributed by atoms with E-state index in [1.54, 1.807) is 0 Å². The van der Waals surface area contributed by atoms with Crippen LogP contribution in [0.2, 0.25) is 0 Å². The van der Waals surface area contributed by atoms with Crippen molar-refractivity contribution in [3.05, 3.63) is 70.4 Å². The van der Waals surface area contributed by atoms with Gasteiger partial charge in [0.05, 0.1) is 34.0 Å². The van der Waals surface area contributed by atoms with E-state index in [0.717, 1.165) is 18.2 Å². The Morgan fingerprint density at radius 3 is 1.75 bits per heavy atom. The first-order valence-electron chi connectivity index (χ1n) is 20.9. The van der Waals surface area contributed by atoms with Crippen LogP contribution in [-0.2, 0) is 28.5 Å². The molecule has 0 amide bonds. The fraction of sp³-hybridized carbons (Fsp3) is 0.455. The van der Waals surface area contributed by atoms with Gasteiger partial charge in [-0.1, -0.05) is 0 Å². The summed E-state index contributed by atoms with van der Waals surface area (Å²) in [6.07, 6.45) is -25.5. The first-order chi connectivity index (χ1) is 32.9. The third-order valence-corrected chi connectivity index (χ3v) is 11.5. The molecule has 3 aliphatic heterocycles. The van der Waals surface area contributed by atoms with Crippen molar-refractivity contribution in [3.63, 3.8) is 0 Å². The molecule has 4 aromatic rings. The number of carbonyl (C=O) groups excluding carboxylic acids is 1. The number of esters is 1. The maximum Gasteiger partial charge on any atom is 0.331 e. The number of rotatable bonds is 15. The fourth-order valence-corrected chi connectivity index (χ4v) is 7.74. The topological polar surface area (TPSA) is 393 Å². The van der Waals surface area contributed by atoms with Crippen LogP contribution in [0.1, 0.15) is 5.56 Å². The smallest absolute Gasteiger partial charge is 0.331 e. The Labute approximate surface area is 388 Å². The minimum absolute atomic E-state index is 0.0156. The molecule has 0 radical (unpaired) electrons. The molecule has 3 fully saturated rings. The molecule has 3 aliphatic rings. The molecule has 25 nitrogen and oxygen atoms in total. The first-order valence-corrected chi connectivity index (χ1v) is 20.9. The number of hydrogen-bond acceptors (Lipinski definition) is 25. The second kappa shape index (κ2) is 21.4. The molecule has 4 heterocycles. The Morgan fingerprint density at radius 1 is 0.652 bits per heavy atom. The van der Waals surface area contributed by atoms with Crippen LogP contribution >= 0.6 is 0 Å². The van der Waals surface area contributed by atoms with E-state index in [1.165, 1.54) is 56.7 Å². The van der Waals surface area contributed by atoms with Crippen LogP contribution in [0, 0.1) is 0 Å². The van der Waals surface area contributed by atoms with Gasteiger partial charge < -0.3 is 113 Å². The molecule has 0 aliphatic carbocycles. The Balaban J connectivity index is 1.23. The predicted molar refractivity (Wildman–Crippen MR) is 227 cm³/mol. The number of fused-ring (bicyclic) bond motifs is 1. The number of aliphatic hydroxyl groups excluding tert-OH is 10. The van der Waals surface area contributed by atoms with Crippen molar-refractivity contribution < 1.29 is 118 Å². The van der Waals surface area contributed by atoms with Gasteiger partial charge in [0.15, 0.2) is 35.8 Å². The van der Waals surface area contributed by atoms with Crippen molar-refractivity contribution in [2.45, 2.75) is 92.1 Å². The highest BCUT2D eigenvalue weighted by Crippen LogP contribution is 2.40. The van der Waals surface area contributed by atoms with Crippen LogP contribution in [0.4, 0.5) is 0 Å². The molecule has 13 N–H and O–H groups in total. The van der Waals surface area contributed by atoms with Crippen LogP contribution in [0.15, 0.2) is 63.8 Å². The average Bonchev–Trinajstić information content (AvgIpc) is 3.33. The Morgan fingerprint density at radius 2 is 1.19 bits per heavy atom. The summed E-state index contributed by atoms with van der Waals surface area (Å²) in [4.78, 5) is 27.7. The van der Waals surface area contributed by atoms with Crippen molar-refractivity contribution >= 4 is 23.0 Å². The summed E-state index contributed by atoms with van der Waals surface area (Å²) in [6, 6.07) is 9.67. The highest BCUT2D eigenvalue weighted by atomic mass is 16.8. The molecule has 3 aromatic carbocycles. The lowest BCUT2D eigenvalue weighted by Crippen LogP contribution is -2.65. The molecule has 25 heteroatoms. The number of phenols is 3. The number of hydrogen-bond donors (Lipinski definition) is 13. The number of ether oxygens (including phenoxy) is 9. The molecule has 7 rings (SSSR count). The molecular weight excluding hydrogens is 928 g/mol. The van der Waals surface area contributed by atoms with Crippen molar-refractivity contribution in [2.24, 2.45) is 0 Å². The van der Waals surface area contributed by atoms with Crippen LogP contribution in [-0.4, -0.2) is 199 Å². The van der Waals surface area contributed by atoms with E-state index in [0.29, 0.717) is 5.56 Å². The van der Waals surface area contributed by atoms with E-state index in [-0.39, 0.29) is 34.3 Å². The minimum atomic E-state index is -2.05. The summed E-state index contributed by atoms with van der Waals surface area (Å²) in [5, 5.41) is 136.